The van der Waals surface area contributed by atoms with E-state index in [1.807, 2.05) is 30.0 Å². The van der Waals surface area contributed by atoms with E-state index in [0.29, 0.717) is 11.9 Å². The lowest BCUT2D eigenvalue weighted by atomic mass is 10.1. The lowest BCUT2D eigenvalue weighted by Gasteiger charge is -2.26. The van der Waals surface area contributed by atoms with Crippen molar-refractivity contribution in [2.45, 2.75) is 19.4 Å². The summed E-state index contributed by atoms with van der Waals surface area (Å²) in [6, 6.07) is 10.7. The molecule has 1 atom stereocenters. The van der Waals surface area contributed by atoms with Gasteiger partial charge in [-0.1, -0.05) is 30.3 Å². The number of rotatable bonds is 6. The maximum absolute atomic E-state index is 6.08. The molecule has 0 fully saturated rings. The summed E-state index contributed by atoms with van der Waals surface area (Å²) in [5.74, 6) is 1.79. The fraction of sp³-hybridized carbons (Fsp3) is 0.400. The van der Waals surface area contributed by atoms with Gasteiger partial charge < -0.3 is 10.6 Å². The van der Waals surface area contributed by atoms with Gasteiger partial charge in [-0.3, -0.25) is 0 Å². The van der Waals surface area contributed by atoms with Crippen molar-refractivity contribution in [1.82, 2.24) is 4.37 Å². The predicted octanol–water partition coefficient (Wildman–Crippen LogP) is 3.97. The minimum absolute atomic E-state index is 0.477. The molecule has 1 aromatic carbocycles. The van der Waals surface area contributed by atoms with Crippen LogP contribution in [0.2, 0.25) is 0 Å². The number of nitrogens with two attached hydrogens (primary N) is 1. The largest absolute Gasteiger partial charge is 0.382 e. The summed E-state index contributed by atoms with van der Waals surface area (Å²) in [6.45, 7) is 2.25. The molecule has 0 saturated carbocycles. The van der Waals surface area contributed by atoms with Gasteiger partial charge in [-0.25, -0.2) is 0 Å². The van der Waals surface area contributed by atoms with Crippen molar-refractivity contribution in [2.75, 3.05) is 29.7 Å². The Kier molecular flexibility index (Phi) is 5.31. The topological polar surface area (TPSA) is 42.2 Å². The van der Waals surface area contributed by atoms with Crippen LogP contribution in [-0.4, -0.2) is 29.5 Å². The molecule has 2 rings (SSSR count). The third-order valence-electron chi connectivity index (χ3n) is 3.48. The number of aromatic nitrogens is 1. The van der Waals surface area contributed by atoms with E-state index in [9.17, 15) is 0 Å². The van der Waals surface area contributed by atoms with Crippen LogP contribution in [0.5, 0.6) is 0 Å². The molecule has 1 heterocycles. The molecule has 0 spiro atoms. The summed E-state index contributed by atoms with van der Waals surface area (Å²) in [7, 11) is 2.13. The lowest BCUT2D eigenvalue weighted by molar-refractivity contribution is 0.674. The Labute approximate surface area is 129 Å². The number of nitrogens with zero attached hydrogens (tertiary/aromatic N) is 2. The van der Waals surface area contributed by atoms with Crippen LogP contribution in [0.3, 0.4) is 0 Å². The van der Waals surface area contributed by atoms with Crippen LogP contribution in [0.25, 0.3) is 11.1 Å². The molecule has 5 heteroatoms. The van der Waals surface area contributed by atoms with Crippen molar-refractivity contribution in [3.63, 3.8) is 0 Å². The monoisotopic (exact) mass is 307 g/mol. The SMILES string of the molecule is CSCCC(C)N(C)c1snc(N)c1-c1ccccc1. The Morgan fingerprint density at radius 3 is 2.70 bits per heavy atom. The molecule has 0 saturated heterocycles. The summed E-state index contributed by atoms with van der Waals surface area (Å²) < 4.78 is 4.35. The fourth-order valence-electron chi connectivity index (χ4n) is 2.09. The summed E-state index contributed by atoms with van der Waals surface area (Å²) in [4.78, 5) is 2.30. The Morgan fingerprint density at radius 1 is 1.35 bits per heavy atom. The van der Waals surface area contributed by atoms with Crippen LogP contribution in [-0.2, 0) is 0 Å². The van der Waals surface area contributed by atoms with E-state index < -0.39 is 0 Å². The summed E-state index contributed by atoms with van der Waals surface area (Å²) in [6.07, 6.45) is 3.30. The van der Waals surface area contributed by atoms with Gasteiger partial charge in [0.25, 0.3) is 0 Å². The third-order valence-corrected chi connectivity index (χ3v) is 5.08. The second-order valence-electron chi connectivity index (χ2n) is 4.86. The first-order valence-corrected chi connectivity index (χ1v) is 8.84. The van der Waals surface area contributed by atoms with Gasteiger partial charge in [0.1, 0.15) is 10.8 Å². The lowest BCUT2D eigenvalue weighted by Crippen LogP contribution is -2.29. The molecule has 108 valence electrons. The summed E-state index contributed by atoms with van der Waals surface area (Å²) >= 11 is 3.37. The van der Waals surface area contributed by atoms with Crippen LogP contribution in [0, 0.1) is 0 Å². The second kappa shape index (κ2) is 6.99. The van der Waals surface area contributed by atoms with Crippen molar-refractivity contribution in [3.8, 4) is 11.1 Å². The first-order chi connectivity index (χ1) is 9.65. The molecular formula is C15H21N3S2. The highest BCUT2D eigenvalue weighted by Gasteiger charge is 2.19. The van der Waals surface area contributed by atoms with Crippen molar-refractivity contribution >= 4 is 34.1 Å². The minimum Gasteiger partial charge on any atom is -0.382 e. The van der Waals surface area contributed by atoms with Crippen LogP contribution in [0.15, 0.2) is 30.3 Å². The van der Waals surface area contributed by atoms with Gasteiger partial charge in [-0.2, -0.15) is 16.1 Å². The number of hydrogen-bond donors (Lipinski definition) is 1. The molecule has 20 heavy (non-hydrogen) atoms. The zero-order chi connectivity index (χ0) is 14.5. The first kappa shape index (κ1) is 15.2. The summed E-state index contributed by atoms with van der Waals surface area (Å²) in [5, 5.41) is 1.15. The molecule has 0 aliphatic rings. The van der Waals surface area contributed by atoms with Crippen molar-refractivity contribution in [2.24, 2.45) is 0 Å². The number of anilines is 2. The van der Waals surface area contributed by atoms with E-state index in [2.05, 4.69) is 41.6 Å². The van der Waals surface area contributed by atoms with Gasteiger partial charge in [-0.15, -0.1) is 0 Å². The van der Waals surface area contributed by atoms with E-state index in [4.69, 9.17) is 5.73 Å². The van der Waals surface area contributed by atoms with E-state index in [1.54, 1.807) is 0 Å². The van der Waals surface area contributed by atoms with Gasteiger partial charge in [0, 0.05) is 13.1 Å². The average Bonchev–Trinajstić information content (AvgIpc) is 2.86. The van der Waals surface area contributed by atoms with Gasteiger partial charge in [0.05, 0.1) is 5.56 Å². The first-order valence-electron chi connectivity index (χ1n) is 6.67. The van der Waals surface area contributed by atoms with Crippen LogP contribution >= 0.6 is 23.3 Å². The Balaban J connectivity index is 2.29. The fourth-order valence-corrected chi connectivity index (χ4v) is 3.57. The van der Waals surface area contributed by atoms with Crippen LogP contribution < -0.4 is 10.6 Å². The van der Waals surface area contributed by atoms with E-state index >= 15 is 0 Å². The zero-order valence-corrected chi connectivity index (χ0v) is 13.8. The predicted molar refractivity (Wildman–Crippen MR) is 92.8 cm³/mol. The van der Waals surface area contributed by atoms with E-state index in [-0.39, 0.29) is 0 Å². The molecule has 1 unspecified atom stereocenters. The van der Waals surface area contributed by atoms with E-state index in [1.165, 1.54) is 17.3 Å². The third kappa shape index (κ3) is 3.27. The highest BCUT2D eigenvalue weighted by Crippen LogP contribution is 2.39. The molecule has 0 amide bonds. The Morgan fingerprint density at radius 2 is 2.05 bits per heavy atom. The van der Waals surface area contributed by atoms with Gasteiger partial charge in [-0.05, 0) is 42.4 Å². The molecule has 2 N–H and O–H groups in total. The van der Waals surface area contributed by atoms with Gasteiger partial charge >= 0.3 is 0 Å². The molecule has 2 aromatic rings. The molecule has 0 aliphatic heterocycles. The maximum atomic E-state index is 6.08. The number of hydrogen-bond acceptors (Lipinski definition) is 5. The quantitative estimate of drug-likeness (QED) is 0.877. The van der Waals surface area contributed by atoms with Crippen LogP contribution in [0.4, 0.5) is 10.8 Å². The molecule has 1 aromatic heterocycles. The highest BCUT2D eigenvalue weighted by molar-refractivity contribution is 7.98. The molecule has 0 radical (unpaired) electrons. The number of nitrogen functional groups attached to an aromatic ring is 1. The van der Waals surface area contributed by atoms with Crippen molar-refractivity contribution in [3.05, 3.63) is 30.3 Å². The second-order valence-corrected chi connectivity index (χ2v) is 6.59. The molecular weight excluding hydrogens is 286 g/mol. The Hall–Kier alpha value is -1.20. The smallest absolute Gasteiger partial charge is 0.147 e. The molecule has 3 nitrogen and oxygen atoms in total. The molecule has 0 aliphatic carbocycles. The zero-order valence-electron chi connectivity index (χ0n) is 12.2. The molecule has 0 bridgehead atoms. The number of benzene rings is 1. The van der Waals surface area contributed by atoms with Crippen molar-refractivity contribution in [1.29, 1.82) is 0 Å². The Bertz CT molecular complexity index is 539. The minimum atomic E-state index is 0.477. The standard InChI is InChI=1S/C15H21N3S2/c1-11(9-10-19-3)18(2)15-13(14(16)17-20-15)12-7-5-4-6-8-12/h4-8,11H,9-10H2,1-3H3,(H2,16,17). The highest BCUT2D eigenvalue weighted by atomic mass is 32.2. The number of thioether (sulfide) groups is 1. The summed E-state index contributed by atoms with van der Waals surface area (Å²) in [5.41, 5.74) is 8.28. The van der Waals surface area contributed by atoms with Crippen molar-refractivity contribution < 1.29 is 0 Å². The maximum Gasteiger partial charge on any atom is 0.147 e. The average molecular weight is 307 g/mol. The van der Waals surface area contributed by atoms with E-state index in [0.717, 1.165) is 22.5 Å². The van der Waals surface area contributed by atoms with Gasteiger partial charge in [0.2, 0.25) is 0 Å². The normalized spacial score (nSPS) is 12.3. The van der Waals surface area contributed by atoms with Crippen LogP contribution in [0.1, 0.15) is 13.3 Å². The van der Waals surface area contributed by atoms with Gasteiger partial charge in [0.15, 0.2) is 0 Å².